The van der Waals surface area contributed by atoms with Crippen molar-refractivity contribution in [2.24, 2.45) is 0 Å². The Balaban J connectivity index is 2.49. The lowest BCUT2D eigenvalue weighted by Gasteiger charge is -2.05. The van der Waals surface area contributed by atoms with Crippen molar-refractivity contribution in [1.29, 1.82) is 0 Å². The van der Waals surface area contributed by atoms with Crippen LogP contribution in [0.15, 0.2) is 40.9 Å². The third-order valence-electron chi connectivity index (χ3n) is 2.50. The van der Waals surface area contributed by atoms with Crippen LogP contribution < -0.4 is 0 Å². The molecule has 0 N–H and O–H groups in total. The zero-order chi connectivity index (χ0) is 11.5. The van der Waals surface area contributed by atoms with Gasteiger partial charge in [0, 0.05) is 4.47 Å². The minimum atomic E-state index is -0.213. The number of halogens is 1. The number of ether oxygens (including phenoxy) is 1. The molecule has 2 aromatic carbocycles. The molecular formula is C13H11BrO2. The van der Waals surface area contributed by atoms with Crippen LogP contribution in [0, 0.1) is 0 Å². The second-order valence-corrected chi connectivity index (χ2v) is 4.45. The number of carbonyl (C=O) groups excluding carboxylic acids is 1. The van der Waals surface area contributed by atoms with Crippen LogP contribution in [0.2, 0.25) is 0 Å². The monoisotopic (exact) mass is 278 g/mol. The van der Waals surface area contributed by atoms with E-state index in [2.05, 4.69) is 20.7 Å². The van der Waals surface area contributed by atoms with Crippen molar-refractivity contribution in [3.8, 4) is 0 Å². The van der Waals surface area contributed by atoms with Crippen LogP contribution in [0.5, 0.6) is 0 Å². The van der Waals surface area contributed by atoms with E-state index >= 15 is 0 Å². The third-order valence-corrected chi connectivity index (χ3v) is 2.99. The van der Waals surface area contributed by atoms with E-state index in [0.29, 0.717) is 6.42 Å². The molecule has 0 atom stereocenters. The highest BCUT2D eigenvalue weighted by molar-refractivity contribution is 9.10. The zero-order valence-electron chi connectivity index (χ0n) is 8.87. The summed E-state index contributed by atoms with van der Waals surface area (Å²) < 4.78 is 5.72. The van der Waals surface area contributed by atoms with Gasteiger partial charge in [0.2, 0.25) is 0 Å². The summed E-state index contributed by atoms with van der Waals surface area (Å²) in [5, 5.41) is 2.21. The van der Waals surface area contributed by atoms with Gasteiger partial charge in [-0.3, -0.25) is 4.79 Å². The van der Waals surface area contributed by atoms with E-state index in [1.807, 2.05) is 36.4 Å². The molecule has 0 heterocycles. The average Bonchev–Trinajstić information content (AvgIpc) is 2.28. The van der Waals surface area contributed by atoms with E-state index in [1.165, 1.54) is 7.11 Å². The van der Waals surface area contributed by atoms with Gasteiger partial charge in [0.15, 0.2) is 0 Å². The van der Waals surface area contributed by atoms with Crippen molar-refractivity contribution >= 4 is 32.7 Å². The fourth-order valence-electron chi connectivity index (χ4n) is 1.70. The Labute approximate surface area is 102 Å². The van der Waals surface area contributed by atoms with Gasteiger partial charge in [-0.25, -0.2) is 0 Å². The van der Waals surface area contributed by atoms with Crippen LogP contribution in [0.25, 0.3) is 10.8 Å². The minimum Gasteiger partial charge on any atom is -0.469 e. The Morgan fingerprint density at radius 3 is 2.88 bits per heavy atom. The summed E-state index contributed by atoms with van der Waals surface area (Å²) >= 11 is 3.43. The number of hydrogen-bond donors (Lipinski definition) is 0. The van der Waals surface area contributed by atoms with E-state index < -0.39 is 0 Å². The van der Waals surface area contributed by atoms with Gasteiger partial charge in [-0.15, -0.1) is 0 Å². The van der Waals surface area contributed by atoms with Gasteiger partial charge in [-0.2, -0.15) is 0 Å². The lowest BCUT2D eigenvalue weighted by Crippen LogP contribution is -2.04. The summed E-state index contributed by atoms with van der Waals surface area (Å²) in [6.45, 7) is 0. The maximum atomic E-state index is 11.3. The molecule has 82 valence electrons. The van der Waals surface area contributed by atoms with Crippen LogP contribution >= 0.6 is 15.9 Å². The van der Waals surface area contributed by atoms with Crippen molar-refractivity contribution in [2.45, 2.75) is 6.42 Å². The number of rotatable bonds is 2. The zero-order valence-corrected chi connectivity index (χ0v) is 10.5. The molecule has 0 aromatic heterocycles. The van der Waals surface area contributed by atoms with E-state index in [0.717, 1.165) is 20.8 Å². The molecule has 0 amide bonds. The summed E-state index contributed by atoms with van der Waals surface area (Å²) in [6, 6.07) is 12.0. The minimum absolute atomic E-state index is 0.213. The van der Waals surface area contributed by atoms with Gasteiger partial charge in [-0.05, 0) is 28.5 Å². The maximum Gasteiger partial charge on any atom is 0.309 e. The molecular weight excluding hydrogens is 268 g/mol. The molecule has 2 aromatic rings. The Kier molecular flexibility index (Phi) is 3.25. The lowest BCUT2D eigenvalue weighted by molar-refractivity contribution is -0.139. The fraction of sp³-hybridized carbons (Fsp3) is 0.154. The molecule has 0 saturated heterocycles. The van der Waals surface area contributed by atoms with E-state index in [4.69, 9.17) is 0 Å². The van der Waals surface area contributed by atoms with Crippen molar-refractivity contribution in [3.05, 3.63) is 46.4 Å². The molecule has 0 aliphatic rings. The summed E-state index contributed by atoms with van der Waals surface area (Å²) in [7, 11) is 1.41. The SMILES string of the molecule is COC(=O)Cc1cccc2cc(Br)ccc12. The molecule has 16 heavy (non-hydrogen) atoms. The Bertz CT molecular complexity index is 534. The molecule has 0 radical (unpaired) electrons. The Morgan fingerprint density at radius 2 is 2.12 bits per heavy atom. The molecule has 0 aliphatic heterocycles. The number of methoxy groups -OCH3 is 1. The van der Waals surface area contributed by atoms with E-state index in [9.17, 15) is 4.79 Å². The molecule has 2 rings (SSSR count). The number of benzene rings is 2. The predicted molar refractivity (Wildman–Crippen MR) is 67.4 cm³/mol. The highest BCUT2D eigenvalue weighted by Gasteiger charge is 2.06. The molecule has 0 unspecified atom stereocenters. The smallest absolute Gasteiger partial charge is 0.309 e. The second kappa shape index (κ2) is 4.66. The van der Waals surface area contributed by atoms with Gasteiger partial charge < -0.3 is 4.74 Å². The van der Waals surface area contributed by atoms with Crippen molar-refractivity contribution in [3.63, 3.8) is 0 Å². The first-order valence-corrected chi connectivity index (χ1v) is 5.74. The highest BCUT2D eigenvalue weighted by atomic mass is 79.9. The standard InChI is InChI=1S/C13H11BrO2/c1-16-13(15)8-10-4-2-3-9-7-11(14)5-6-12(9)10/h2-7H,8H2,1H3. The first kappa shape index (κ1) is 11.1. The molecule has 2 nitrogen and oxygen atoms in total. The fourth-order valence-corrected chi connectivity index (χ4v) is 2.08. The largest absolute Gasteiger partial charge is 0.469 e. The normalized spacial score (nSPS) is 10.4. The van der Waals surface area contributed by atoms with E-state index in [1.54, 1.807) is 0 Å². The Morgan fingerprint density at radius 1 is 1.31 bits per heavy atom. The van der Waals surface area contributed by atoms with Gasteiger partial charge in [-0.1, -0.05) is 40.2 Å². The van der Waals surface area contributed by atoms with Gasteiger partial charge in [0.1, 0.15) is 0 Å². The van der Waals surface area contributed by atoms with Crippen molar-refractivity contribution in [1.82, 2.24) is 0 Å². The number of fused-ring (bicyclic) bond motifs is 1. The average molecular weight is 279 g/mol. The molecule has 3 heteroatoms. The number of hydrogen-bond acceptors (Lipinski definition) is 2. The first-order valence-electron chi connectivity index (χ1n) is 4.94. The van der Waals surface area contributed by atoms with Gasteiger partial charge in [0.25, 0.3) is 0 Å². The van der Waals surface area contributed by atoms with Crippen LogP contribution in [0.3, 0.4) is 0 Å². The van der Waals surface area contributed by atoms with Crippen LogP contribution in [-0.2, 0) is 16.0 Å². The van der Waals surface area contributed by atoms with E-state index in [-0.39, 0.29) is 5.97 Å². The summed E-state index contributed by atoms with van der Waals surface area (Å²) in [5.41, 5.74) is 0.997. The Hall–Kier alpha value is -1.35. The van der Waals surface area contributed by atoms with Gasteiger partial charge in [0.05, 0.1) is 13.5 Å². The quantitative estimate of drug-likeness (QED) is 0.788. The van der Waals surface area contributed by atoms with Crippen molar-refractivity contribution < 1.29 is 9.53 Å². The maximum absolute atomic E-state index is 11.3. The van der Waals surface area contributed by atoms with Gasteiger partial charge >= 0.3 is 5.97 Å². The first-order chi connectivity index (χ1) is 7.70. The topological polar surface area (TPSA) is 26.3 Å². The predicted octanol–water partition coefficient (Wildman–Crippen LogP) is 3.32. The molecule has 0 aliphatic carbocycles. The third kappa shape index (κ3) is 2.25. The number of esters is 1. The van der Waals surface area contributed by atoms with Crippen LogP contribution in [-0.4, -0.2) is 13.1 Å². The molecule has 0 spiro atoms. The van der Waals surface area contributed by atoms with Crippen LogP contribution in [0.1, 0.15) is 5.56 Å². The lowest BCUT2D eigenvalue weighted by atomic mass is 10.0. The summed E-state index contributed by atoms with van der Waals surface area (Å²) in [6.07, 6.45) is 0.315. The van der Waals surface area contributed by atoms with Crippen LogP contribution in [0.4, 0.5) is 0 Å². The summed E-state index contributed by atoms with van der Waals surface area (Å²) in [4.78, 5) is 11.3. The molecule has 0 saturated carbocycles. The molecule has 0 fully saturated rings. The second-order valence-electron chi connectivity index (χ2n) is 3.54. The van der Waals surface area contributed by atoms with Crippen molar-refractivity contribution in [2.75, 3.05) is 7.11 Å². The summed E-state index contributed by atoms with van der Waals surface area (Å²) in [5.74, 6) is -0.213. The number of carbonyl (C=O) groups is 1. The highest BCUT2D eigenvalue weighted by Crippen LogP contribution is 2.23. The molecule has 0 bridgehead atoms.